The summed E-state index contributed by atoms with van der Waals surface area (Å²) in [7, 11) is 0. The van der Waals surface area contributed by atoms with Gasteiger partial charge in [-0.05, 0) is 63.5 Å². The maximum Gasteiger partial charge on any atom is 0.220 e. The number of nitrogens with zero attached hydrogens (tertiary/aromatic N) is 1. The lowest BCUT2D eigenvalue weighted by molar-refractivity contribution is -0.123. The summed E-state index contributed by atoms with van der Waals surface area (Å²) in [6.45, 7) is 4.49. The largest absolute Gasteiger partial charge is 0.351 e. The van der Waals surface area contributed by atoms with E-state index in [4.69, 9.17) is 0 Å². The number of rotatable bonds is 5. The Kier molecular flexibility index (Phi) is 5.16. The number of nitrogens with one attached hydrogen (secondary N) is 1. The second-order valence-corrected chi connectivity index (χ2v) is 6.47. The molecule has 1 aromatic rings. The Morgan fingerprint density at radius 3 is 2.80 bits per heavy atom. The maximum absolute atomic E-state index is 12.1. The van der Waals surface area contributed by atoms with Crippen molar-refractivity contribution in [2.75, 3.05) is 0 Å². The smallest absolute Gasteiger partial charge is 0.220 e. The quantitative estimate of drug-likeness (QED) is 0.893. The highest BCUT2D eigenvalue weighted by Gasteiger charge is 2.30. The zero-order chi connectivity index (χ0) is 14.4. The first-order valence-electron chi connectivity index (χ1n) is 7.78. The lowest BCUT2D eigenvalue weighted by Crippen LogP contribution is -2.48. The van der Waals surface area contributed by atoms with E-state index in [1.54, 1.807) is 6.20 Å². The maximum atomic E-state index is 12.1. The second kappa shape index (κ2) is 6.87. The highest BCUT2D eigenvalue weighted by Crippen LogP contribution is 2.31. The van der Waals surface area contributed by atoms with E-state index < -0.39 is 0 Å². The van der Waals surface area contributed by atoms with Gasteiger partial charge in [0, 0.05) is 23.9 Å². The molecule has 0 aromatic carbocycles. The number of hydrogen-bond donors (Lipinski definition) is 1. The summed E-state index contributed by atoms with van der Waals surface area (Å²) in [5.41, 5.74) is 1.09. The van der Waals surface area contributed by atoms with Crippen LogP contribution >= 0.6 is 0 Å². The summed E-state index contributed by atoms with van der Waals surface area (Å²) in [6, 6.07) is 5.93. The van der Waals surface area contributed by atoms with Gasteiger partial charge < -0.3 is 5.32 Å². The van der Waals surface area contributed by atoms with Crippen LogP contribution in [0.25, 0.3) is 0 Å². The Bertz CT molecular complexity index is 422. The molecule has 0 radical (unpaired) electrons. The number of hydrogen-bond acceptors (Lipinski definition) is 2. The first-order chi connectivity index (χ1) is 9.57. The predicted molar refractivity (Wildman–Crippen MR) is 81.4 cm³/mol. The fourth-order valence-corrected chi connectivity index (χ4v) is 2.90. The van der Waals surface area contributed by atoms with Crippen LogP contribution in [0.5, 0.6) is 0 Å². The van der Waals surface area contributed by atoms with Crippen LogP contribution in [0.1, 0.15) is 58.1 Å². The highest BCUT2D eigenvalue weighted by atomic mass is 16.1. The van der Waals surface area contributed by atoms with Crippen molar-refractivity contribution in [3.8, 4) is 0 Å². The third-order valence-corrected chi connectivity index (χ3v) is 4.38. The number of carbonyl (C=O) groups is 1. The molecule has 0 spiro atoms. The normalized spacial score (nSPS) is 26.2. The molecular formula is C17H26N2O. The van der Waals surface area contributed by atoms with Gasteiger partial charge in [0.1, 0.15) is 0 Å². The first-order valence-corrected chi connectivity index (χ1v) is 7.78. The van der Waals surface area contributed by atoms with Crippen molar-refractivity contribution < 1.29 is 4.79 Å². The van der Waals surface area contributed by atoms with Crippen LogP contribution in [0, 0.1) is 5.92 Å². The molecule has 1 amide bonds. The van der Waals surface area contributed by atoms with E-state index >= 15 is 0 Å². The van der Waals surface area contributed by atoms with Crippen LogP contribution in [-0.2, 0) is 11.2 Å². The molecule has 1 aliphatic rings. The fourth-order valence-electron chi connectivity index (χ4n) is 2.90. The molecule has 1 aromatic heterocycles. The van der Waals surface area contributed by atoms with E-state index in [0.717, 1.165) is 37.3 Å². The van der Waals surface area contributed by atoms with Gasteiger partial charge in [0.05, 0.1) is 0 Å². The highest BCUT2D eigenvalue weighted by molar-refractivity contribution is 5.76. The average molecular weight is 274 g/mol. The van der Waals surface area contributed by atoms with E-state index in [9.17, 15) is 4.79 Å². The van der Waals surface area contributed by atoms with Gasteiger partial charge in [-0.15, -0.1) is 0 Å². The molecule has 1 heterocycles. The van der Waals surface area contributed by atoms with Crippen LogP contribution in [0.3, 0.4) is 0 Å². The lowest BCUT2D eigenvalue weighted by atomic mass is 9.78. The summed E-state index contributed by atoms with van der Waals surface area (Å²) in [5, 5.41) is 3.24. The number of pyridine rings is 1. The van der Waals surface area contributed by atoms with Crippen molar-refractivity contribution >= 4 is 5.91 Å². The monoisotopic (exact) mass is 274 g/mol. The van der Waals surface area contributed by atoms with E-state index in [-0.39, 0.29) is 11.4 Å². The zero-order valence-electron chi connectivity index (χ0n) is 12.7. The Balaban J connectivity index is 1.70. The molecule has 3 heteroatoms. The topological polar surface area (TPSA) is 42.0 Å². The Morgan fingerprint density at radius 1 is 1.40 bits per heavy atom. The number of carbonyl (C=O) groups excluding carboxylic acids is 1. The van der Waals surface area contributed by atoms with E-state index in [1.165, 1.54) is 12.8 Å². The molecule has 1 N–H and O–H groups in total. The molecular weight excluding hydrogens is 248 g/mol. The van der Waals surface area contributed by atoms with Gasteiger partial charge in [0.25, 0.3) is 0 Å². The van der Waals surface area contributed by atoms with Gasteiger partial charge in [-0.3, -0.25) is 9.78 Å². The van der Waals surface area contributed by atoms with E-state index in [2.05, 4.69) is 24.1 Å². The minimum absolute atomic E-state index is 0.0224. The fraction of sp³-hybridized carbons (Fsp3) is 0.647. The summed E-state index contributed by atoms with van der Waals surface area (Å²) >= 11 is 0. The van der Waals surface area contributed by atoms with Crippen molar-refractivity contribution in [3.05, 3.63) is 30.1 Å². The van der Waals surface area contributed by atoms with Gasteiger partial charge in [0.2, 0.25) is 5.91 Å². The lowest BCUT2D eigenvalue weighted by Gasteiger charge is -2.37. The molecule has 1 saturated carbocycles. The van der Waals surface area contributed by atoms with Crippen molar-refractivity contribution in [1.29, 1.82) is 0 Å². The molecule has 0 bridgehead atoms. The third-order valence-electron chi connectivity index (χ3n) is 4.38. The summed E-state index contributed by atoms with van der Waals surface area (Å²) in [4.78, 5) is 16.3. The molecule has 3 nitrogen and oxygen atoms in total. The molecule has 0 unspecified atom stereocenters. The number of aryl methyl sites for hydroxylation is 1. The van der Waals surface area contributed by atoms with Gasteiger partial charge in [-0.25, -0.2) is 0 Å². The molecule has 2 rings (SSSR count). The van der Waals surface area contributed by atoms with E-state index in [0.29, 0.717) is 6.42 Å². The van der Waals surface area contributed by atoms with Crippen LogP contribution in [0.2, 0.25) is 0 Å². The molecule has 0 saturated heterocycles. The minimum atomic E-state index is 0.0224. The Hall–Kier alpha value is -1.38. The van der Waals surface area contributed by atoms with Crippen LogP contribution in [0.4, 0.5) is 0 Å². The van der Waals surface area contributed by atoms with Crippen molar-refractivity contribution in [2.24, 2.45) is 5.92 Å². The number of amides is 1. The van der Waals surface area contributed by atoms with Crippen LogP contribution in [0.15, 0.2) is 24.4 Å². The Labute approximate surface area is 122 Å². The second-order valence-electron chi connectivity index (χ2n) is 6.47. The summed E-state index contributed by atoms with van der Waals surface area (Å²) < 4.78 is 0. The summed E-state index contributed by atoms with van der Waals surface area (Å²) in [5.74, 6) is 1.00. The number of aromatic nitrogens is 1. The standard InChI is InChI=1S/C17H26N2O/c1-14-9-11-17(2,12-10-14)19-16(20)8-5-7-15-6-3-4-13-18-15/h3-4,6,13-14H,5,7-12H2,1-2H3,(H,19,20). The third kappa shape index (κ3) is 4.62. The molecule has 20 heavy (non-hydrogen) atoms. The van der Waals surface area contributed by atoms with Crippen molar-refractivity contribution in [2.45, 2.75) is 64.3 Å². The predicted octanol–water partition coefficient (Wildman–Crippen LogP) is 3.49. The summed E-state index contributed by atoms with van der Waals surface area (Å²) in [6.07, 6.45) is 8.83. The van der Waals surface area contributed by atoms with Crippen molar-refractivity contribution in [1.82, 2.24) is 10.3 Å². The minimum Gasteiger partial charge on any atom is -0.351 e. The van der Waals surface area contributed by atoms with Gasteiger partial charge in [-0.1, -0.05) is 13.0 Å². The van der Waals surface area contributed by atoms with Gasteiger partial charge >= 0.3 is 0 Å². The van der Waals surface area contributed by atoms with E-state index in [1.807, 2.05) is 18.2 Å². The first kappa shape index (κ1) is 15.0. The molecule has 110 valence electrons. The molecule has 1 aliphatic carbocycles. The van der Waals surface area contributed by atoms with Gasteiger partial charge in [0.15, 0.2) is 0 Å². The molecule has 1 fully saturated rings. The average Bonchev–Trinajstić information content (AvgIpc) is 2.43. The Morgan fingerprint density at radius 2 is 2.15 bits per heavy atom. The SMILES string of the molecule is CC1CCC(C)(NC(=O)CCCc2ccccn2)CC1. The van der Waals surface area contributed by atoms with Crippen molar-refractivity contribution in [3.63, 3.8) is 0 Å². The molecule has 0 atom stereocenters. The van der Waals surface area contributed by atoms with Gasteiger partial charge in [-0.2, -0.15) is 0 Å². The van der Waals surface area contributed by atoms with Crippen LogP contribution in [-0.4, -0.2) is 16.4 Å². The zero-order valence-corrected chi connectivity index (χ0v) is 12.7. The van der Waals surface area contributed by atoms with Crippen LogP contribution < -0.4 is 5.32 Å². The molecule has 0 aliphatic heterocycles.